The highest BCUT2D eigenvalue weighted by Gasteiger charge is 2.21. The third-order valence-corrected chi connectivity index (χ3v) is 3.14. The van der Waals surface area contributed by atoms with E-state index in [1.807, 2.05) is 6.92 Å². The Hall–Kier alpha value is -2.41. The largest absolute Gasteiger partial charge is 0.452 e. The van der Waals surface area contributed by atoms with E-state index in [1.54, 1.807) is 19.1 Å². The lowest BCUT2D eigenvalue weighted by molar-refractivity contribution is -0.119. The average Bonchev–Trinajstić information content (AvgIpc) is 2.88. The summed E-state index contributed by atoms with van der Waals surface area (Å²) in [4.78, 5) is 27.6. The van der Waals surface area contributed by atoms with Crippen LogP contribution in [0.4, 0.5) is 5.69 Å². The highest BCUT2D eigenvalue weighted by atomic mass is 35.5. The van der Waals surface area contributed by atoms with Crippen LogP contribution in [-0.2, 0) is 16.0 Å². The number of nitrogens with one attached hydrogen (secondary N) is 1. The summed E-state index contributed by atoms with van der Waals surface area (Å²) in [6, 6.07) is 3.22. The number of aryl methyl sites for hydroxylation is 2. The Bertz CT molecular complexity index is 699. The average molecular weight is 324 g/mol. The van der Waals surface area contributed by atoms with Crippen LogP contribution < -0.4 is 5.32 Å². The van der Waals surface area contributed by atoms with Crippen LogP contribution in [0.2, 0.25) is 5.15 Å². The first-order valence-corrected chi connectivity index (χ1v) is 6.93. The second kappa shape index (κ2) is 7.04. The summed E-state index contributed by atoms with van der Waals surface area (Å²) in [7, 11) is 0. The number of ether oxygens (including phenoxy) is 1. The standard InChI is InChI=1S/C14H14ClN3O4/c1-3-9-12(8(2)22-18-9)14(20)21-7-11(19)17-10-5-4-6-16-13(10)15/h4-6H,3,7H2,1-2H3,(H,17,19). The van der Waals surface area contributed by atoms with Crippen molar-refractivity contribution in [1.82, 2.24) is 10.1 Å². The van der Waals surface area contributed by atoms with Gasteiger partial charge in [0.1, 0.15) is 11.3 Å². The molecule has 0 fully saturated rings. The van der Waals surface area contributed by atoms with Crippen LogP contribution in [0.5, 0.6) is 0 Å². The summed E-state index contributed by atoms with van der Waals surface area (Å²) in [5.41, 5.74) is 1.11. The zero-order chi connectivity index (χ0) is 16.1. The maximum atomic E-state index is 12.0. The van der Waals surface area contributed by atoms with Gasteiger partial charge >= 0.3 is 5.97 Å². The van der Waals surface area contributed by atoms with Crippen molar-refractivity contribution >= 4 is 29.2 Å². The maximum Gasteiger partial charge on any atom is 0.344 e. The van der Waals surface area contributed by atoms with Crippen LogP contribution in [0.15, 0.2) is 22.9 Å². The zero-order valence-corrected chi connectivity index (χ0v) is 12.8. The first kappa shape index (κ1) is 16.0. The Kier molecular flexibility index (Phi) is 5.11. The number of halogens is 1. The molecule has 7 nitrogen and oxygen atoms in total. The molecule has 0 atom stereocenters. The highest BCUT2D eigenvalue weighted by molar-refractivity contribution is 6.32. The smallest absolute Gasteiger partial charge is 0.344 e. The zero-order valence-electron chi connectivity index (χ0n) is 12.1. The molecule has 0 saturated carbocycles. The van der Waals surface area contributed by atoms with E-state index in [0.717, 1.165) is 0 Å². The van der Waals surface area contributed by atoms with Crippen LogP contribution in [0.3, 0.4) is 0 Å². The van der Waals surface area contributed by atoms with Gasteiger partial charge in [0.2, 0.25) is 0 Å². The molecule has 0 aliphatic heterocycles. The third kappa shape index (κ3) is 3.62. The molecule has 0 spiro atoms. The van der Waals surface area contributed by atoms with E-state index in [-0.39, 0.29) is 10.7 Å². The van der Waals surface area contributed by atoms with E-state index >= 15 is 0 Å². The second-order valence-corrected chi connectivity index (χ2v) is 4.74. The Balaban J connectivity index is 1.95. The van der Waals surface area contributed by atoms with Crippen molar-refractivity contribution in [3.8, 4) is 0 Å². The molecule has 116 valence electrons. The molecular formula is C14H14ClN3O4. The Morgan fingerprint density at radius 3 is 2.91 bits per heavy atom. The van der Waals surface area contributed by atoms with Crippen molar-refractivity contribution in [2.24, 2.45) is 0 Å². The molecule has 2 rings (SSSR count). The van der Waals surface area contributed by atoms with Crippen LogP contribution in [0, 0.1) is 6.92 Å². The number of aromatic nitrogens is 2. The number of pyridine rings is 1. The van der Waals surface area contributed by atoms with E-state index in [9.17, 15) is 9.59 Å². The lowest BCUT2D eigenvalue weighted by atomic mass is 10.1. The minimum atomic E-state index is -0.650. The van der Waals surface area contributed by atoms with Crippen molar-refractivity contribution in [2.45, 2.75) is 20.3 Å². The molecule has 2 aromatic rings. The highest BCUT2D eigenvalue weighted by Crippen LogP contribution is 2.18. The van der Waals surface area contributed by atoms with Crippen molar-refractivity contribution in [2.75, 3.05) is 11.9 Å². The molecule has 0 saturated heterocycles. The predicted molar refractivity (Wildman–Crippen MR) is 78.8 cm³/mol. The Morgan fingerprint density at radius 1 is 1.45 bits per heavy atom. The number of nitrogens with zero attached hydrogens (tertiary/aromatic N) is 2. The topological polar surface area (TPSA) is 94.3 Å². The van der Waals surface area contributed by atoms with Crippen LogP contribution >= 0.6 is 11.6 Å². The van der Waals surface area contributed by atoms with Crippen molar-refractivity contribution in [1.29, 1.82) is 0 Å². The second-order valence-electron chi connectivity index (χ2n) is 4.38. The van der Waals surface area contributed by atoms with Crippen LogP contribution in [0.25, 0.3) is 0 Å². The number of carbonyl (C=O) groups excluding carboxylic acids is 2. The minimum absolute atomic E-state index is 0.158. The van der Waals surface area contributed by atoms with Gasteiger partial charge in [-0.25, -0.2) is 9.78 Å². The summed E-state index contributed by atoms with van der Waals surface area (Å²) in [5, 5.41) is 6.42. The lowest BCUT2D eigenvalue weighted by Crippen LogP contribution is -2.21. The number of rotatable bonds is 5. The van der Waals surface area contributed by atoms with Gasteiger partial charge < -0.3 is 14.6 Å². The van der Waals surface area contributed by atoms with Gasteiger partial charge in [0.05, 0.1) is 11.4 Å². The molecule has 0 aromatic carbocycles. The molecule has 1 N–H and O–H groups in total. The number of esters is 1. The number of anilines is 1. The monoisotopic (exact) mass is 323 g/mol. The molecule has 0 aliphatic rings. The summed E-state index contributed by atoms with van der Waals surface area (Å²) < 4.78 is 9.92. The fraction of sp³-hybridized carbons (Fsp3) is 0.286. The van der Waals surface area contributed by atoms with E-state index < -0.39 is 18.5 Å². The maximum absolute atomic E-state index is 12.0. The van der Waals surface area contributed by atoms with Gasteiger partial charge in [-0.2, -0.15) is 0 Å². The van der Waals surface area contributed by atoms with Crippen molar-refractivity contribution < 1.29 is 18.8 Å². The minimum Gasteiger partial charge on any atom is -0.452 e. The number of hydrogen-bond donors (Lipinski definition) is 1. The van der Waals surface area contributed by atoms with Gasteiger partial charge in [0.15, 0.2) is 11.8 Å². The number of amides is 1. The van der Waals surface area contributed by atoms with Gasteiger partial charge in [0, 0.05) is 6.20 Å². The molecule has 8 heteroatoms. The van der Waals surface area contributed by atoms with E-state index in [2.05, 4.69) is 15.5 Å². The van der Waals surface area contributed by atoms with E-state index in [4.69, 9.17) is 20.9 Å². The lowest BCUT2D eigenvalue weighted by Gasteiger charge is -2.07. The SMILES string of the molecule is CCc1noc(C)c1C(=O)OCC(=O)Nc1cccnc1Cl. The molecule has 2 aromatic heterocycles. The van der Waals surface area contributed by atoms with Crippen LogP contribution in [0.1, 0.15) is 28.7 Å². The van der Waals surface area contributed by atoms with Crippen molar-refractivity contribution in [3.05, 3.63) is 40.5 Å². The van der Waals surface area contributed by atoms with Gasteiger partial charge in [-0.05, 0) is 25.5 Å². The Morgan fingerprint density at radius 2 is 2.23 bits per heavy atom. The molecule has 0 radical (unpaired) electrons. The van der Waals surface area contributed by atoms with Gasteiger partial charge in [0.25, 0.3) is 5.91 Å². The molecular weight excluding hydrogens is 310 g/mol. The summed E-state index contributed by atoms with van der Waals surface area (Å²) >= 11 is 5.82. The fourth-order valence-electron chi connectivity index (χ4n) is 1.79. The Labute approximate surface area is 131 Å². The van der Waals surface area contributed by atoms with Crippen molar-refractivity contribution in [3.63, 3.8) is 0 Å². The first-order valence-electron chi connectivity index (χ1n) is 6.55. The van der Waals surface area contributed by atoms with Crippen LogP contribution in [-0.4, -0.2) is 28.6 Å². The number of carbonyl (C=O) groups is 2. The first-order chi connectivity index (χ1) is 10.5. The van der Waals surface area contributed by atoms with Gasteiger partial charge in [-0.3, -0.25) is 4.79 Å². The summed E-state index contributed by atoms with van der Waals surface area (Å²) in [5.74, 6) is -0.809. The molecule has 2 heterocycles. The third-order valence-electron chi connectivity index (χ3n) is 2.84. The predicted octanol–water partition coefficient (Wildman–Crippen LogP) is 2.39. The van der Waals surface area contributed by atoms with Gasteiger partial charge in [-0.15, -0.1) is 0 Å². The fourth-order valence-corrected chi connectivity index (χ4v) is 1.96. The van der Waals surface area contributed by atoms with E-state index in [1.165, 1.54) is 6.20 Å². The molecule has 0 unspecified atom stereocenters. The summed E-state index contributed by atoms with van der Waals surface area (Å²) in [6.45, 7) is 3.00. The normalized spacial score (nSPS) is 10.3. The summed E-state index contributed by atoms with van der Waals surface area (Å²) in [6.07, 6.45) is 2.03. The quantitative estimate of drug-likeness (QED) is 0.670. The van der Waals surface area contributed by atoms with E-state index in [0.29, 0.717) is 23.6 Å². The van der Waals surface area contributed by atoms with Gasteiger partial charge in [-0.1, -0.05) is 23.7 Å². The molecule has 1 amide bonds. The molecule has 0 aliphatic carbocycles. The molecule has 22 heavy (non-hydrogen) atoms. The molecule has 0 bridgehead atoms. The number of hydrogen-bond acceptors (Lipinski definition) is 6.